The lowest BCUT2D eigenvalue weighted by molar-refractivity contribution is 0.0704. The van der Waals surface area contributed by atoms with E-state index in [0.717, 1.165) is 4.90 Å². The highest BCUT2D eigenvalue weighted by Crippen LogP contribution is 2.19. The maximum atomic E-state index is 13.7. The minimum absolute atomic E-state index is 0.146. The van der Waals surface area contributed by atoms with Gasteiger partial charge in [-0.3, -0.25) is 4.79 Å². The largest absolute Gasteiger partial charge is 0.380 e. The smallest absolute Gasteiger partial charge is 0.256 e. The van der Waals surface area contributed by atoms with Crippen LogP contribution < -0.4 is 5.14 Å². The number of amides is 1. The highest BCUT2D eigenvalue weighted by atomic mass is 32.2. The molecule has 1 aromatic rings. The molecule has 9 heteroatoms. The van der Waals surface area contributed by atoms with E-state index in [-0.39, 0.29) is 13.2 Å². The summed E-state index contributed by atoms with van der Waals surface area (Å²) in [6, 6.07) is 1.15. The van der Waals surface area contributed by atoms with Crippen molar-refractivity contribution in [3.8, 4) is 0 Å². The number of hydrogen-bond acceptors (Lipinski definition) is 4. The molecule has 21 heavy (non-hydrogen) atoms. The van der Waals surface area contributed by atoms with E-state index in [2.05, 4.69) is 0 Å². The number of likely N-dealkylation sites (N-methyl/N-ethyl adjacent to an activating group) is 1. The molecule has 118 valence electrons. The third-order valence-corrected chi connectivity index (χ3v) is 3.58. The van der Waals surface area contributed by atoms with Crippen LogP contribution in [-0.4, -0.2) is 46.0 Å². The summed E-state index contributed by atoms with van der Waals surface area (Å²) in [5, 5.41) is 4.86. The van der Waals surface area contributed by atoms with Crippen molar-refractivity contribution in [3.63, 3.8) is 0 Å². The van der Waals surface area contributed by atoms with Crippen LogP contribution in [0.5, 0.6) is 0 Å². The van der Waals surface area contributed by atoms with Crippen molar-refractivity contribution >= 4 is 15.9 Å². The molecule has 6 nitrogen and oxygen atoms in total. The lowest BCUT2D eigenvalue weighted by Crippen LogP contribution is -2.31. The molecule has 0 aromatic heterocycles. The Morgan fingerprint density at radius 2 is 2.00 bits per heavy atom. The molecule has 0 aliphatic heterocycles. The Kier molecular flexibility index (Phi) is 5.76. The van der Waals surface area contributed by atoms with Crippen LogP contribution in [0.3, 0.4) is 0 Å². The second-order valence-electron chi connectivity index (χ2n) is 4.24. The van der Waals surface area contributed by atoms with Crippen LogP contribution in [0, 0.1) is 11.6 Å². The monoisotopic (exact) mass is 322 g/mol. The van der Waals surface area contributed by atoms with Gasteiger partial charge in [-0.2, -0.15) is 0 Å². The molecule has 0 bridgehead atoms. The summed E-state index contributed by atoms with van der Waals surface area (Å²) < 4.78 is 54.5. The van der Waals surface area contributed by atoms with Gasteiger partial charge in [-0.1, -0.05) is 0 Å². The Labute approximate surface area is 121 Å². The first-order valence-electron chi connectivity index (χ1n) is 6.03. The van der Waals surface area contributed by atoms with Crippen LogP contribution in [-0.2, 0) is 14.8 Å². The maximum absolute atomic E-state index is 13.7. The minimum Gasteiger partial charge on any atom is -0.380 e. The number of nitrogens with zero attached hydrogens (tertiary/aromatic N) is 1. The Hall–Kier alpha value is -1.58. The molecular weight excluding hydrogens is 306 g/mol. The number of primary sulfonamides is 1. The van der Waals surface area contributed by atoms with Crippen LogP contribution in [0.15, 0.2) is 17.0 Å². The molecular formula is C12H16F2N2O4S. The van der Waals surface area contributed by atoms with Gasteiger partial charge in [0.05, 0.1) is 17.1 Å². The zero-order valence-electron chi connectivity index (χ0n) is 11.6. The van der Waals surface area contributed by atoms with Gasteiger partial charge in [0.15, 0.2) is 11.6 Å². The number of carbonyl (C=O) groups is 1. The van der Waals surface area contributed by atoms with E-state index in [0.29, 0.717) is 18.7 Å². The molecule has 0 spiro atoms. The third kappa shape index (κ3) is 4.45. The average Bonchev–Trinajstić information content (AvgIpc) is 2.39. The molecule has 1 rings (SSSR count). The first kappa shape index (κ1) is 17.5. The van der Waals surface area contributed by atoms with Crippen molar-refractivity contribution in [1.82, 2.24) is 4.90 Å². The summed E-state index contributed by atoms with van der Waals surface area (Å²) in [7, 11) is -2.88. The summed E-state index contributed by atoms with van der Waals surface area (Å²) in [5.74, 6) is -3.74. The number of sulfonamides is 1. The first-order valence-corrected chi connectivity index (χ1v) is 7.58. The second kappa shape index (κ2) is 6.92. The Bertz CT molecular complexity index is 634. The Morgan fingerprint density at radius 3 is 2.52 bits per heavy atom. The highest BCUT2D eigenvalue weighted by Gasteiger charge is 2.23. The maximum Gasteiger partial charge on any atom is 0.256 e. The summed E-state index contributed by atoms with van der Waals surface area (Å²) in [6.07, 6.45) is 0. The predicted octanol–water partition coefficient (Wildman–Crippen LogP) is 0.721. The average molecular weight is 322 g/mol. The fourth-order valence-electron chi connectivity index (χ4n) is 1.54. The van der Waals surface area contributed by atoms with E-state index in [1.807, 2.05) is 0 Å². The number of hydrogen-bond donors (Lipinski definition) is 1. The lowest BCUT2D eigenvalue weighted by Gasteiger charge is -2.18. The van der Waals surface area contributed by atoms with E-state index in [1.165, 1.54) is 7.05 Å². The first-order chi connectivity index (χ1) is 9.68. The topological polar surface area (TPSA) is 89.7 Å². The van der Waals surface area contributed by atoms with Gasteiger partial charge < -0.3 is 9.64 Å². The fourth-order valence-corrected chi connectivity index (χ4v) is 2.09. The molecule has 0 atom stereocenters. The van der Waals surface area contributed by atoms with E-state index in [9.17, 15) is 22.0 Å². The molecule has 0 fully saturated rings. The van der Waals surface area contributed by atoms with Crippen molar-refractivity contribution in [2.45, 2.75) is 11.8 Å². The van der Waals surface area contributed by atoms with Crippen molar-refractivity contribution in [2.75, 3.05) is 26.8 Å². The van der Waals surface area contributed by atoms with Gasteiger partial charge in [-0.05, 0) is 19.1 Å². The van der Waals surface area contributed by atoms with Crippen LogP contribution in [0.1, 0.15) is 17.3 Å². The highest BCUT2D eigenvalue weighted by molar-refractivity contribution is 7.89. The SMILES string of the molecule is CCOCCN(C)C(=O)c1cc(S(N)(=O)=O)cc(F)c1F. The van der Waals surface area contributed by atoms with Crippen molar-refractivity contribution in [2.24, 2.45) is 5.14 Å². The third-order valence-electron chi connectivity index (χ3n) is 2.68. The number of rotatable bonds is 6. The van der Waals surface area contributed by atoms with Gasteiger partial charge in [0.1, 0.15) is 0 Å². The number of benzene rings is 1. The lowest BCUT2D eigenvalue weighted by atomic mass is 10.2. The zero-order valence-corrected chi connectivity index (χ0v) is 12.4. The van der Waals surface area contributed by atoms with Crippen LogP contribution >= 0.6 is 0 Å². The quantitative estimate of drug-likeness (QED) is 0.782. The molecule has 0 heterocycles. The van der Waals surface area contributed by atoms with Gasteiger partial charge in [-0.15, -0.1) is 0 Å². The fraction of sp³-hybridized carbons (Fsp3) is 0.417. The van der Waals surface area contributed by atoms with E-state index < -0.39 is 38.0 Å². The molecule has 0 aliphatic rings. The van der Waals surface area contributed by atoms with Crippen molar-refractivity contribution in [1.29, 1.82) is 0 Å². The predicted molar refractivity (Wildman–Crippen MR) is 71.2 cm³/mol. The normalized spacial score (nSPS) is 11.5. The Morgan fingerprint density at radius 1 is 1.38 bits per heavy atom. The summed E-state index contributed by atoms with van der Waals surface area (Å²) in [6.45, 7) is 2.59. The van der Waals surface area contributed by atoms with Crippen molar-refractivity contribution < 1.29 is 26.7 Å². The number of halogens is 2. The van der Waals surface area contributed by atoms with Gasteiger partial charge >= 0.3 is 0 Å². The molecule has 2 N–H and O–H groups in total. The molecule has 1 aromatic carbocycles. The van der Waals surface area contributed by atoms with Crippen LogP contribution in [0.2, 0.25) is 0 Å². The zero-order chi connectivity index (χ0) is 16.2. The van der Waals surface area contributed by atoms with Gasteiger partial charge in [0, 0.05) is 20.2 Å². The molecule has 0 aliphatic carbocycles. The van der Waals surface area contributed by atoms with Gasteiger partial charge in [-0.25, -0.2) is 22.3 Å². The number of nitrogens with two attached hydrogens (primary N) is 1. The Balaban J connectivity index is 3.11. The van der Waals surface area contributed by atoms with E-state index >= 15 is 0 Å². The molecule has 0 radical (unpaired) electrons. The molecule has 0 unspecified atom stereocenters. The van der Waals surface area contributed by atoms with E-state index in [4.69, 9.17) is 9.88 Å². The number of ether oxygens (including phenoxy) is 1. The summed E-state index contributed by atoms with van der Waals surface area (Å²) in [5.41, 5.74) is -0.696. The molecule has 0 saturated carbocycles. The van der Waals surface area contributed by atoms with Crippen molar-refractivity contribution in [3.05, 3.63) is 29.3 Å². The number of carbonyl (C=O) groups excluding carboxylic acids is 1. The molecule has 1 amide bonds. The van der Waals surface area contributed by atoms with Crippen LogP contribution in [0.25, 0.3) is 0 Å². The summed E-state index contributed by atoms with van der Waals surface area (Å²) >= 11 is 0. The van der Waals surface area contributed by atoms with Gasteiger partial charge in [0.2, 0.25) is 10.0 Å². The van der Waals surface area contributed by atoms with Crippen LogP contribution in [0.4, 0.5) is 8.78 Å². The standard InChI is InChI=1S/C12H16F2N2O4S/c1-3-20-5-4-16(2)12(17)9-6-8(21(15,18)19)7-10(13)11(9)14/h6-7H,3-5H2,1-2H3,(H2,15,18,19). The molecule has 0 saturated heterocycles. The van der Waals surface area contributed by atoms with Gasteiger partial charge in [0.25, 0.3) is 5.91 Å². The minimum atomic E-state index is -4.25. The summed E-state index contributed by atoms with van der Waals surface area (Å²) in [4.78, 5) is 12.5. The van der Waals surface area contributed by atoms with E-state index in [1.54, 1.807) is 6.92 Å². The second-order valence-corrected chi connectivity index (χ2v) is 5.80.